The van der Waals surface area contributed by atoms with Gasteiger partial charge in [0.05, 0.1) is 5.69 Å². The van der Waals surface area contributed by atoms with Crippen LogP contribution >= 0.6 is 11.6 Å². The van der Waals surface area contributed by atoms with Gasteiger partial charge in [-0.2, -0.15) is 0 Å². The van der Waals surface area contributed by atoms with Crippen LogP contribution in [0.3, 0.4) is 0 Å². The van der Waals surface area contributed by atoms with E-state index in [9.17, 15) is 4.39 Å². The van der Waals surface area contributed by atoms with E-state index in [-0.39, 0.29) is 5.82 Å². The number of aryl methyl sites for hydroxylation is 1. The van der Waals surface area contributed by atoms with Gasteiger partial charge in [-0.05, 0) is 53.9 Å². The quantitative estimate of drug-likeness (QED) is 0.625. The Morgan fingerprint density at radius 1 is 1.00 bits per heavy atom. The molecule has 0 aromatic heterocycles. The molecule has 3 aromatic carbocycles. The van der Waals surface area contributed by atoms with Crippen molar-refractivity contribution in [1.29, 1.82) is 0 Å². The van der Waals surface area contributed by atoms with Gasteiger partial charge in [0.25, 0.3) is 0 Å². The molecule has 0 bridgehead atoms. The number of hydrogen-bond acceptors (Lipinski definition) is 2. The van der Waals surface area contributed by atoms with Crippen LogP contribution in [0.25, 0.3) is 11.1 Å². The van der Waals surface area contributed by atoms with Gasteiger partial charge in [-0.25, -0.2) is 4.39 Å². The van der Waals surface area contributed by atoms with Crippen molar-refractivity contribution in [2.45, 2.75) is 13.5 Å². The van der Waals surface area contributed by atoms with E-state index in [1.807, 2.05) is 37.3 Å². The Hall–Kier alpha value is -2.52. The van der Waals surface area contributed by atoms with Crippen LogP contribution in [0.5, 0.6) is 5.75 Å². The molecule has 0 fully saturated rings. The summed E-state index contributed by atoms with van der Waals surface area (Å²) in [5.41, 5.74) is 9.71. The minimum absolute atomic E-state index is 0.366. The van der Waals surface area contributed by atoms with Gasteiger partial charge in [0.15, 0.2) is 0 Å². The molecule has 0 unspecified atom stereocenters. The van der Waals surface area contributed by atoms with Crippen LogP contribution in [0.1, 0.15) is 11.1 Å². The molecule has 4 heteroatoms. The molecule has 0 aliphatic carbocycles. The third-order valence-electron chi connectivity index (χ3n) is 3.82. The maximum Gasteiger partial charge on any atom is 0.143 e. The van der Waals surface area contributed by atoms with Gasteiger partial charge in [0.2, 0.25) is 0 Å². The van der Waals surface area contributed by atoms with E-state index < -0.39 is 0 Å². The lowest BCUT2D eigenvalue weighted by Crippen LogP contribution is -2.00. The SMILES string of the molecule is Cc1cc(N)c(OCc2ccccc2)cc1-c1ccc(Cl)cc1F. The van der Waals surface area contributed by atoms with E-state index in [0.29, 0.717) is 28.6 Å². The molecule has 122 valence electrons. The van der Waals surface area contributed by atoms with Crippen molar-refractivity contribution in [3.05, 3.63) is 82.6 Å². The molecule has 3 rings (SSSR count). The highest BCUT2D eigenvalue weighted by atomic mass is 35.5. The molecule has 3 aromatic rings. The topological polar surface area (TPSA) is 35.2 Å². The van der Waals surface area contributed by atoms with E-state index in [1.54, 1.807) is 24.3 Å². The molecular weight excluding hydrogens is 325 g/mol. The molecule has 0 atom stereocenters. The first-order valence-corrected chi connectivity index (χ1v) is 7.94. The van der Waals surface area contributed by atoms with E-state index in [0.717, 1.165) is 16.7 Å². The summed E-state index contributed by atoms with van der Waals surface area (Å²) in [6.45, 7) is 2.29. The number of halogens is 2. The van der Waals surface area contributed by atoms with Crippen molar-refractivity contribution in [3.63, 3.8) is 0 Å². The van der Waals surface area contributed by atoms with Crippen molar-refractivity contribution in [3.8, 4) is 16.9 Å². The number of ether oxygens (including phenoxy) is 1. The van der Waals surface area contributed by atoms with Crippen molar-refractivity contribution in [1.82, 2.24) is 0 Å². The molecule has 2 nitrogen and oxygen atoms in total. The lowest BCUT2D eigenvalue weighted by atomic mass is 9.99. The van der Waals surface area contributed by atoms with Crippen LogP contribution < -0.4 is 10.5 Å². The van der Waals surface area contributed by atoms with E-state index in [2.05, 4.69) is 0 Å². The van der Waals surface area contributed by atoms with Gasteiger partial charge < -0.3 is 10.5 Å². The molecule has 0 saturated carbocycles. The number of rotatable bonds is 4. The minimum Gasteiger partial charge on any atom is -0.487 e. The second-order valence-electron chi connectivity index (χ2n) is 5.60. The van der Waals surface area contributed by atoms with Gasteiger partial charge in [-0.1, -0.05) is 41.9 Å². The highest BCUT2D eigenvalue weighted by molar-refractivity contribution is 6.30. The molecule has 0 amide bonds. The van der Waals surface area contributed by atoms with Gasteiger partial charge in [-0.3, -0.25) is 0 Å². The maximum absolute atomic E-state index is 14.2. The van der Waals surface area contributed by atoms with E-state index >= 15 is 0 Å². The lowest BCUT2D eigenvalue weighted by molar-refractivity contribution is 0.308. The molecule has 24 heavy (non-hydrogen) atoms. The summed E-state index contributed by atoms with van der Waals surface area (Å²) in [4.78, 5) is 0. The van der Waals surface area contributed by atoms with E-state index in [4.69, 9.17) is 22.1 Å². The predicted octanol–water partition coefficient (Wildman–Crippen LogP) is 5.62. The average molecular weight is 342 g/mol. The van der Waals surface area contributed by atoms with Crippen molar-refractivity contribution in [2.75, 3.05) is 5.73 Å². The van der Waals surface area contributed by atoms with E-state index in [1.165, 1.54) is 6.07 Å². The Bertz CT molecular complexity index is 865. The zero-order valence-electron chi connectivity index (χ0n) is 13.2. The summed E-state index contributed by atoms with van der Waals surface area (Å²) < 4.78 is 20.1. The van der Waals surface area contributed by atoms with Crippen molar-refractivity contribution < 1.29 is 9.13 Å². The van der Waals surface area contributed by atoms with Gasteiger partial charge in [-0.15, -0.1) is 0 Å². The molecular formula is C20H17ClFNO. The second kappa shape index (κ2) is 6.93. The maximum atomic E-state index is 14.2. The average Bonchev–Trinajstić information content (AvgIpc) is 2.56. The summed E-state index contributed by atoms with van der Waals surface area (Å²) in [5.74, 6) is 0.165. The highest BCUT2D eigenvalue weighted by Crippen LogP contribution is 2.34. The normalized spacial score (nSPS) is 10.6. The first-order chi connectivity index (χ1) is 11.5. The van der Waals surface area contributed by atoms with Crippen LogP contribution in [0.4, 0.5) is 10.1 Å². The summed E-state index contributed by atoms with van der Waals surface area (Å²) >= 11 is 5.83. The van der Waals surface area contributed by atoms with Crippen LogP contribution in [0, 0.1) is 12.7 Å². The second-order valence-corrected chi connectivity index (χ2v) is 6.04. The number of anilines is 1. The van der Waals surface area contributed by atoms with Crippen LogP contribution in [-0.4, -0.2) is 0 Å². The fraction of sp³-hybridized carbons (Fsp3) is 0.100. The van der Waals surface area contributed by atoms with Gasteiger partial charge >= 0.3 is 0 Å². The first kappa shape index (κ1) is 16.3. The Kier molecular flexibility index (Phi) is 4.72. The molecule has 0 spiro atoms. The fourth-order valence-electron chi connectivity index (χ4n) is 2.57. The highest BCUT2D eigenvalue weighted by Gasteiger charge is 2.12. The third-order valence-corrected chi connectivity index (χ3v) is 4.05. The monoisotopic (exact) mass is 341 g/mol. The zero-order valence-corrected chi connectivity index (χ0v) is 14.0. The summed E-state index contributed by atoms with van der Waals surface area (Å²) in [6.07, 6.45) is 0. The molecule has 0 radical (unpaired) electrons. The van der Waals surface area contributed by atoms with Crippen LogP contribution in [0.2, 0.25) is 5.02 Å². The summed E-state index contributed by atoms with van der Waals surface area (Å²) in [7, 11) is 0. The number of nitrogen functional groups attached to an aromatic ring is 1. The Morgan fingerprint density at radius 3 is 2.46 bits per heavy atom. The van der Waals surface area contributed by atoms with Crippen molar-refractivity contribution >= 4 is 17.3 Å². The predicted molar refractivity (Wildman–Crippen MR) is 96.8 cm³/mol. The number of hydrogen-bond donors (Lipinski definition) is 1. The summed E-state index contributed by atoms with van der Waals surface area (Å²) in [5, 5.41) is 0.366. The first-order valence-electron chi connectivity index (χ1n) is 7.57. The molecule has 0 aliphatic rings. The Morgan fingerprint density at radius 2 is 1.75 bits per heavy atom. The van der Waals surface area contributed by atoms with Crippen LogP contribution in [0.15, 0.2) is 60.7 Å². The Balaban J connectivity index is 1.94. The molecule has 0 heterocycles. The largest absolute Gasteiger partial charge is 0.487 e. The minimum atomic E-state index is -0.371. The van der Waals surface area contributed by atoms with Crippen molar-refractivity contribution in [2.24, 2.45) is 0 Å². The molecule has 0 saturated heterocycles. The number of nitrogens with two attached hydrogens (primary N) is 1. The standard InChI is InChI=1S/C20H17ClFNO/c1-13-9-19(23)20(24-12-14-5-3-2-4-6-14)11-17(13)16-8-7-15(21)10-18(16)22/h2-11H,12,23H2,1H3. The Labute approximate surface area is 145 Å². The third kappa shape index (κ3) is 3.52. The van der Waals surface area contributed by atoms with Gasteiger partial charge in [0.1, 0.15) is 18.2 Å². The van der Waals surface area contributed by atoms with Crippen LogP contribution in [-0.2, 0) is 6.61 Å². The smallest absolute Gasteiger partial charge is 0.143 e. The zero-order chi connectivity index (χ0) is 17.1. The molecule has 0 aliphatic heterocycles. The summed E-state index contributed by atoms with van der Waals surface area (Å²) in [6, 6.07) is 18.0. The van der Waals surface area contributed by atoms with Gasteiger partial charge in [0, 0.05) is 10.6 Å². The number of benzene rings is 3. The lowest BCUT2D eigenvalue weighted by Gasteiger charge is -2.14. The fourth-order valence-corrected chi connectivity index (χ4v) is 2.73. The molecule has 2 N–H and O–H groups in total.